The average Bonchev–Trinajstić information content (AvgIpc) is 3.03. The lowest BCUT2D eigenvalue weighted by molar-refractivity contribution is 0.912. The van der Waals surface area contributed by atoms with Crippen molar-refractivity contribution in [1.82, 2.24) is 9.97 Å². The summed E-state index contributed by atoms with van der Waals surface area (Å²) in [6, 6.07) is 9.21. The summed E-state index contributed by atoms with van der Waals surface area (Å²) in [4.78, 5) is 14.0. The first-order valence-electron chi connectivity index (χ1n) is 7.27. The Morgan fingerprint density at radius 2 is 1.91 bits per heavy atom. The van der Waals surface area contributed by atoms with E-state index in [0.717, 1.165) is 36.2 Å². The van der Waals surface area contributed by atoms with Crippen molar-refractivity contribution in [3.8, 4) is 0 Å². The molecule has 0 bridgehead atoms. The smallest absolute Gasteiger partial charge is 0.136 e. The second kappa shape index (κ2) is 6.32. The van der Waals surface area contributed by atoms with E-state index in [4.69, 9.17) is 5.53 Å². The molecule has 0 unspecified atom stereocenters. The lowest BCUT2D eigenvalue weighted by Gasteiger charge is -2.17. The van der Waals surface area contributed by atoms with Gasteiger partial charge in [-0.25, -0.2) is 9.97 Å². The number of nitrogens with zero attached hydrogens (tertiary/aromatic N) is 6. The number of aromatic nitrogens is 2. The highest BCUT2D eigenvalue weighted by atomic mass is 15.2. The van der Waals surface area contributed by atoms with Crippen LogP contribution in [0.4, 0.5) is 23.0 Å². The van der Waals surface area contributed by atoms with Crippen LogP contribution in [0, 0.1) is 6.92 Å². The fraction of sp³-hybridized carbons (Fsp3) is 0.333. The van der Waals surface area contributed by atoms with E-state index in [1.807, 2.05) is 25.1 Å². The molecule has 0 spiro atoms. The number of nitrogens with one attached hydrogen (secondary N) is 1. The van der Waals surface area contributed by atoms with Crippen molar-refractivity contribution in [2.24, 2.45) is 5.11 Å². The van der Waals surface area contributed by atoms with E-state index >= 15 is 0 Å². The highest BCUT2D eigenvalue weighted by Gasteiger charge is 2.15. The number of rotatable bonds is 4. The van der Waals surface area contributed by atoms with E-state index in [1.54, 1.807) is 12.1 Å². The van der Waals surface area contributed by atoms with Crippen LogP contribution in [0.25, 0.3) is 10.4 Å². The number of hydrogen-bond donors (Lipinski definition) is 1. The number of aryl methyl sites for hydroxylation is 1. The van der Waals surface area contributed by atoms with E-state index in [2.05, 4.69) is 30.2 Å². The molecule has 0 saturated carbocycles. The summed E-state index contributed by atoms with van der Waals surface area (Å²) >= 11 is 0. The van der Waals surface area contributed by atoms with Crippen LogP contribution >= 0.6 is 0 Å². The van der Waals surface area contributed by atoms with Crippen molar-refractivity contribution in [2.45, 2.75) is 19.8 Å². The molecule has 7 heteroatoms. The summed E-state index contributed by atoms with van der Waals surface area (Å²) in [5, 5.41) is 6.82. The van der Waals surface area contributed by atoms with Crippen LogP contribution in [0.1, 0.15) is 18.7 Å². The van der Waals surface area contributed by atoms with Gasteiger partial charge >= 0.3 is 0 Å². The van der Waals surface area contributed by atoms with Crippen LogP contribution in [0.3, 0.4) is 0 Å². The van der Waals surface area contributed by atoms with Gasteiger partial charge in [0.2, 0.25) is 0 Å². The van der Waals surface area contributed by atoms with Crippen LogP contribution in [-0.2, 0) is 0 Å². The van der Waals surface area contributed by atoms with Gasteiger partial charge in [0, 0.05) is 35.4 Å². The van der Waals surface area contributed by atoms with E-state index < -0.39 is 0 Å². The minimum Gasteiger partial charge on any atom is -0.356 e. The summed E-state index contributed by atoms with van der Waals surface area (Å²) in [7, 11) is 0. The van der Waals surface area contributed by atoms with E-state index in [0.29, 0.717) is 5.69 Å². The molecule has 1 N–H and O–H groups in total. The molecule has 0 radical (unpaired) electrons. The first-order valence-corrected chi connectivity index (χ1v) is 7.27. The second-order valence-corrected chi connectivity index (χ2v) is 5.21. The van der Waals surface area contributed by atoms with Gasteiger partial charge in [0.1, 0.15) is 17.5 Å². The monoisotopic (exact) mass is 295 g/mol. The van der Waals surface area contributed by atoms with Gasteiger partial charge < -0.3 is 10.2 Å². The summed E-state index contributed by atoms with van der Waals surface area (Å²) in [6.45, 7) is 4.00. The van der Waals surface area contributed by atoms with Crippen molar-refractivity contribution in [3.05, 3.63) is 46.6 Å². The summed E-state index contributed by atoms with van der Waals surface area (Å²) in [6.07, 6.45) is 2.43. The van der Waals surface area contributed by atoms with Gasteiger partial charge in [-0.15, -0.1) is 0 Å². The Morgan fingerprint density at radius 3 is 2.59 bits per heavy atom. The molecule has 1 aliphatic heterocycles. The maximum Gasteiger partial charge on any atom is 0.136 e. The Bertz CT molecular complexity index is 698. The molecule has 22 heavy (non-hydrogen) atoms. The Balaban J connectivity index is 1.80. The summed E-state index contributed by atoms with van der Waals surface area (Å²) < 4.78 is 0. The third-order valence-electron chi connectivity index (χ3n) is 3.55. The second-order valence-electron chi connectivity index (χ2n) is 5.21. The van der Waals surface area contributed by atoms with Crippen LogP contribution in [0.15, 0.2) is 35.4 Å². The van der Waals surface area contributed by atoms with Crippen molar-refractivity contribution in [1.29, 1.82) is 0 Å². The SMILES string of the molecule is Cc1nc(Nc2ccc(N=[N+]=[N-])cc2)cc(N2CCCC2)n1. The van der Waals surface area contributed by atoms with Gasteiger partial charge in [0.05, 0.1) is 0 Å². The lowest BCUT2D eigenvalue weighted by Crippen LogP contribution is -2.19. The first-order chi connectivity index (χ1) is 10.7. The molecule has 1 fully saturated rings. The normalized spacial score (nSPS) is 13.8. The third-order valence-corrected chi connectivity index (χ3v) is 3.55. The molecular weight excluding hydrogens is 278 g/mol. The molecular formula is C15H17N7. The van der Waals surface area contributed by atoms with E-state index in [1.165, 1.54) is 12.8 Å². The maximum atomic E-state index is 8.41. The highest BCUT2D eigenvalue weighted by molar-refractivity contribution is 5.61. The number of anilines is 3. The minimum absolute atomic E-state index is 0.588. The molecule has 2 heterocycles. The molecule has 0 atom stereocenters. The van der Waals surface area contributed by atoms with Crippen LogP contribution in [-0.4, -0.2) is 23.1 Å². The number of azide groups is 1. The third kappa shape index (κ3) is 3.27. The Kier molecular flexibility index (Phi) is 4.07. The number of benzene rings is 1. The minimum atomic E-state index is 0.588. The Hall–Kier alpha value is -2.79. The highest BCUT2D eigenvalue weighted by Crippen LogP contribution is 2.24. The summed E-state index contributed by atoms with van der Waals surface area (Å²) in [5.74, 6) is 2.49. The topological polar surface area (TPSA) is 89.8 Å². The van der Waals surface area contributed by atoms with Gasteiger partial charge in [-0.1, -0.05) is 17.2 Å². The Morgan fingerprint density at radius 1 is 1.18 bits per heavy atom. The predicted octanol–water partition coefficient (Wildman–Crippen LogP) is 4.07. The number of hydrogen-bond acceptors (Lipinski definition) is 5. The predicted molar refractivity (Wildman–Crippen MR) is 86.7 cm³/mol. The van der Waals surface area contributed by atoms with Crippen molar-refractivity contribution in [2.75, 3.05) is 23.3 Å². The zero-order valence-electron chi connectivity index (χ0n) is 12.4. The van der Waals surface area contributed by atoms with Gasteiger partial charge in [-0.3, -0.25) is 0 Å². The molecule has 7 nitrogen and oxygen atoms in total. The molecule has 0 amide bonds. The van der Waals surface area contributed by atoms with E-state index in [9.17, 15) is 0 Å². The van der Waals surface area contributed by atoms with Gasteiger partial charge in [0.15, 0.2) is 0 Å². The molecule has 1 saturated heterocycles. The van der Waals surface area contributed by atoms with Gasteiger partial charge in [-0.2, -0.15) is 0 Å². The van der Waals surface area contributed by atoms with E-state index in [-0.39, 0.29) is 0 Å². The molecule has 0 aliphatic carbocycles. The molecule has 112 valence electrons. The molecule has 1 aromatic heterocycles. The lowest BCUT2D eigenvalue weighted by atomic mass is 10.3. The fourth-order valence-electron chi connectivity index (χ4n) is 2.54. The Labute approximate surface area is 128 Å². The molecule has 3 rings (SSSR count). The molecule has 1 aromatic carbocycles. The maximum absolute atomic E-state index is 8.41. The average molecular weight is 295 g/mol. The molecule has 1 aliphatic rings. The zero-order valence-corrected chi connectivity index (χ0v) is 12.4. The van der Waals surface area contributed by atoms with Gasteiger partial charge in [-0.05, 0) is 37.4 Å². The zero-order chi connectivity index (χ0) is 15.4. The molecule has 2 aromatic rings. The first kappa shape index (κ1) is 14.2. The fourth-order valence-corrected chi connectivity index (χ4v) is 2.54. The standard InChI is InChI=1S/C15H17N7/c1-11-17-14(10-15(18-11)22-8-2-3-9-22)19-12-4-6-13(7-5-12)20-21-16/h4-7,10H,2-3,8-9H2,1H3,(H,17,18,19). The van der Waals surface area contributed by atoms with Crippen molar-refractivity contribution < 1.29 is 0 Å². The summed E-state index contributed by atoms with van der Waals surface area (Å²) in [5.41, 5.74) is 9.89. The van der Waals surface area contributed by atoms with Crippen molar-refractivity contribution in [3.63, 3.8) is 0 Å². The van der Waals surface area contributed by atoms with Gasteiger partial charge in [0.25, 0.3) is 0 Å². The quantitative estimate of drug-likeness (QED) is 0.523. The largest absolute Gasteiger partial charge is 0.356 e. The van der Waals surface area contributed by atoms with Crippen LogP contribution < -0.4 is 10.2 Å². The van der Waals surface area contributed by atoms with Crippen molar-refractivity contribution >= 4 is 23.0 Å². The van der Waals surface area contributed by atoms with Crippen LogP contribution in [0.5, 0.6) is 0 Å². The van der Waals surface area contributed by atoms with Crippen LogP contribution in [0.2, 0.25) is 0 Å².